The van der Waals surface area contributed by atoms with E-state index in [9.17, 15) is 19.8 Å². The molecule has 0 amide bonds. The third-order valence-electron chi connectivity index (χ3n) is 11.7. The Hall–Kier alpha value is -1.22. The van der Waals surface area contributed by atoms with Gasteiger partial charge in [-0.25, -0.2) is 9.59 Å². The Morgan fingerprint density at radius 1 is 0.412 bits per heavy atom. The molecule has 2 unspecified atom stereocenters. The Balaban J connectivity index is 4.84. The van der Waals surface area contributed by atoms with Gasteiger partial charge in [0.1, 0.15) is 13.2 Å². The van der Waals surface area contributed by atoms with E-state index >= 15 is 0 Å². The summed E-state index contributed by atoms with van der Waals surface area (Å²) in [4.78, 5) is 25.4. The van der Waals surface area contributed by atoms with Gasteiger partial charge in [-0.3, -0.25) is 0 Å². The molecule has 0 saturated heterocycles. The third-order valence-corrected chi connectivity index (χ3v) is 11.7. The van der Waals surface area contributed by atoms with Gasteiger partial charge in [-0.1, -0.05) is 142 Å². The summed E-state index contributed by atoms with van der Waals surface area (Å²) in [5.74, 6) is -0.677. The van der Waals surface area contributed by atoms with Crippen LogP contribution in [0.25, 0.3) is 0 Å². The second-order valence-corrected chi connectivity index (χ2v) is 16.1. The molecule has 0 aromatic rings. The van der Waals surface area contributed by atoms with Crippen molar-refractivity contribution in [2.24, 2.45) is 0 Å². The molecular weight excluding hydrogens is 640 g/mol. The maximum atomic E-state index is 12.7. The lowest BCUT2D eigenvalue weighted by Gasteiger charge is -2.40. The number of carbonyl (C=O) groups excluding carboxylic acids is 2. The van der Waals surface area contributed by atoms with E-state index in [1.54, 1.807) is 0 Å². The second kappa shape index (κ2) is 33.4. The van der Waals surface area contributed by atoms with Crippen LogP contribution in [0.5, 0.6) is 0 Å². The molecule has 0 aliphatic heterocycles. The topological polar surface area (TPSA) is 93.1 Å². The first kappa shape index (κ1) is 49.8. The number of unbranched alkanes of at least 4 members (excludes halogenated alkanes) is 24. The number of quaternary nitrogens is 2. The van der Waals surface area contributed by atoms with Crippen LogP contribution in [0, 0.1) is 0 Å². The first-order valence-corrected chi connectivity index (χ1v) is 21.7. The summed E-state index contributed by atoms with van der Waals surface area (Å²) in [6, 6.07) is -1.15. The van der Waals surface area contributed by atoms with Crippen molar-refractivity contribution in [3.05, 3.63) is 0 Å². The van der Waals surface area contributed by atoms with Crippen molar-refractivity contribution in [2.45, 2.75) is 199 Å². The fourth-order valence-corrected chi connectivity index (χ4v) is 7.92. The van der Waals surface area contributed by atoms with Crippen LogP contribution in [0.1, 0.15) is 187 Å². The average Bonchev–Trinajstić information content (AvgIpc) is 3.12. The van der Waals surface area contributed by atoms with Gasteiger partial charge >= 0.3 is 11.9 Å². The fourth-order valence-electron chi connectivity index (χ4n) is 7.92. The first-order chi connectivity index (χ1) is 24.7. The highest BCUT2D eigenvalue weighted by atomic mass is 16.5. The maximum Gasteiger partial charge on any atom is 0.367 e. The van der Waals surface area contributed by atoms with Crippen molar-refractivity contribution >= 4 is 11.9 Å². The molecule has 0 aliphatic carbocycles. The minimum atomic E-state index is -0.576. The quantitative estimate of drug-likeness (QED) is 0.0374. The highest BCUT2D eigenvalue weighted by Crippen LogP contribution is 2.21. The molecule has 0 heterocycles. The standard InChI is InChI=1S/C43H88N2O6/c1-7-9-11-13-15-17-19-21-23-25-27-30-34-44(3,40(38-46)42(48)50-5)36-32-29-33-37-45(4,41(39-47)43(49)51-6)35-31-28-26-24-22-20-18-16-14-12-10-8-2/h40-41,46-47H,7-39H2,1-6H3/q+2/t40-,41-,44?,45?/m0/s1. The molecule has 0 saturated carbocycles. The summed E-state index contributed by atoms with van der Waals surface area (Å²) in [5.41, 5.74) is 0. The van der Waals surface area contributed by atoms with E-state index in [0.29, 0.717) is 8.97 Å². The van der Waals surface area contributed by atoms with E-state index in [2.05, 4.69) is 27.9 Å². The Kier molecular flexibility index (Phi) is 32.6. The number of hydrogen-bond acceptors (Lipinski definition) is 6. The molecule has 8 heteroatoms. The van der Waals surface area contributed by atoms with Gasteiger partial charge in [0.25, 0.3) is 0 Å². The Morgan fingerprint density at radius 2 is 0.608 bits per heavy atom. The molecule has 8 nitrogen and oxygen atoms in total. The number of aliphatic hydroxyl groups excluding tert-OH is 2. The molecule has 0 aliphatic rings. The molecule has 0 aromatic heterocycles. The normalized spacial score (nSPS) is 15.2. The van der Waals surface area contributed by atoms with Gasteiger partial charge in [-0.05, 0) is 44.9 Å². The van der Waals surface area contributed by atoms with Gasteiger partial charge in [-0.2, -0.15) is 0 Å². The van der Waals surface area contributed by atoms with Crippen molar-refractivity contribution in [1.29, 1.82) is 0 Å². The van der Waals surface area contributed by atoms with Crippen LogP contribution in [-0.4, -0.2) is 111 Å². The Labute approximate surface area is 316 Å². The molecule has 2 N–H and O–H groups in total. The Bertz CT molecular complexity index is 749. The van der Waals surface area contributed by atoms with Crippen LogP contribution in [0.15, 0.2) is 0 Å². The summed E-state index contributed by atoms with van der Waals surface area (Å²) in [6.45, 7) is 7.38. The van der Waals surface area contributed by atoms with Gasteiger partial charge in [0.05, 0.1) is 54.5 Å². The number of esters is 2. The predicted octanol–water partition coefficient (Wildman–Crippen LogP) is 9.52. The van der Waals surface area contributed by atoms with Gasteiger partial charge in [0, 0.05) is 0 Å². The number of nitrogens with zero attached hydrogens (tertiary/aromatic N) is 2. The van der Waals surface area contributed by atoms with Crippen LogP contribution >= 0.6 is 0 Å². The molecule has 0 bridgehead atoms. The number of methoxy groups -OCH3 is 2. The van der Waals surface area contributed by atoms with E-state index in [1.165, 1.54) is 143 Å². The van der Waals surface area contributed by atoms with E-state index in [4.69, 9.17) is 9.47 Å². The average molecular weight is 729 g/mol. The zero-order chi connectivity index (χ0) is 38.1. The lowest BCUT2D eigenvalue weighted by atomic mass is 10.0. The van der Waals surface area contributed by atoms with Crippen molar-refractivity contribution < 1.29 is 38.2 Å². The molecule has 0 rings (SSSR count). The second-order valence-electron chi connectivity index (χ2n) is 16.1. The SMILES string of the molecule is CCCCCCCCCCCCCC[N+](C)(CCCCC[N+](C)(CCCCCCCCCCCCCC)[C@@H](CO)C(=O)OC)[C@@H](CO)C(=O)OC. The largest absolute Gasteiger partial charge is 0.465 e. The summed E-state index contributed by atoms with van der Waals surface area (Å²) < 4.78 is 11.2. The van der Waals surface area contributed by atoms with Gasteiger partial charge < -0.3 is 28.7 Å². The molecule has 0 aromatic carbocycles. The monoisotopic (exact) mass is 729 g/mol. The van der Waals surface area contributed by atoms with Gasteiger partial charge in [-0.15, -0.1) is 0 Å². The number of aliphatic hydroxyl groups is 2. The van der Waals surface area contributed by atoms with Crippen molar-refractivity contribution in [1.82, 2.24) is 0 Å². The Morgan fingerprint density at radius 3 is 0.804 bits per heavy atom. The van der Waals surface area contributed by atoms with Crippen LogP contribution < -0.4 is 0 Å². The minimum absolute atomic E-state index is 0.216. The molecular formula is C43H88N2O6+2. The van der Waals surface area contributed by atoms with E-state index in [1.807, 2.05) is 0 Å². The molecule has 0 spiro atoms. The molecule has 4 atom stereocenters. The molecule has 304 valence electrons. The van der Waals surface area contributed by atoms with Crippen molar-refractivity contribution in [3.8, 4) is 0 Å². The summed E-state index contributed by atoms with van der Waals surface area (Å²) >= 11 is 0. The van der Waals surface area contributed by atoms with Gasteiger partial charge in [0.2, 0.25) is 12.1 Å². The van der Waals surface area contributed by atoms with Crippen LogP contribution in [0.4, 0.5) is 0 Å². The molecule has 51 heavy (non-hydrogen) atoms. The number of rotatable bonds is 38. The summed E-state index contributed by atoms with van der Waals surface area (Å²) in [5, 5.41) is 20.5. The predicted molar refractivity (Wildman–Crippen MR) is 214 cm³/mol. The minimum Gasteiger partial charge on any atom is -0.465 e. The summed E-state index contributed by atoms with van der Waals surface area (Å²) in [6.07, 6.45) is 33.8. The number of hydrogen-bond donors (Lipinski definition) is 2. The zero-order valence-electron chi connectivity index (χ0n) is 34.9. The lowest BCUT2D eigenvalue weighted by molar-refractivity contribution is -0.928. The van der Waals surface area contributed by atoms with Crippen molar-refractivity contribution in [3.63, 3.8) is 0 Å². The lowest BCUT2D eigenvalue weighted by Crippen LogP contribution is -2.59. The van der Waals surface area contributed by atoms with Gasteiger partial charge in [0.15, 0.2) is 0 Å². The van der Waals surface area contributed by atoms with Crippen molar-refractivity contribution in [2.75, 3.05) is 67.7 Å². The molecule has 0 radical (unpaired) electrons. The highest BCUT2D eigenvalue weighted by Gasteiger charge is 2.40. The first-order valence-electron chi connectivity index (χ1n) is 21.7. The smallest absolute Gasteiger partial charge is 0.367 e. The number of carbonyl (C=O) groups is 2. The van der Waals surface area contributed by atoms with E-state index < -0.39 is 12.1 Å². The van der Waals surface area contributed by atoms with E-state index in [0.717, 1.165) is 71.1 Å². The third kappa shape index (κ3) is 23.9. The highest BCUT2D eigenvalue weighted by molar-refractivity contribution is 5.74. The van der Waals surface area contributed by atoms with Crippen LogP contribution in [0.3, 0.4) is 0 Å². The zero-order valence-corrected chi connectivity index (χ0v) is 34.9. The number of likely N-dealkylation sites (N-methyl/N-ethyl adjacent to an activating group) is 2. The summed E-state index contributed by atoms with van der Waals surface area (Å²) in [7, 11) is 7.02. The maximum absolute atomic E-state index is 12.7. The van der Waals surface area contributed by atoms with E-state index in [-0.39, 0.29) is 25.2 Å². The van der Waals surface area contributed by atoms with Crippen LogP contribution in [0.2, 0.25) is 0 Å². The number of ether oxygens (including phenoxy) is 2. The van der Waals surface area contributed by atoms with Crippen LogP contribution in [-0.2, 0) is 19.1 Å². The fraction of sp³-hybridized carbons (Fsp3) is 0.953. The molecule has 0 fully saturated rings.